The van der Waals surface area contributed by atoms with Gasteiger partial charge in [-0.25, -0.2) is 0 Å². The van der Waals surface area contributed by atoms with Crippen molar-refractivity contribution in [1.82, 2.24) is 15.1 Å². The Hall–Kier alpha value is -0.120. The van der Waals surface area contributed by atoms with Crippen LogP contribution in [0.3, 0.4) is 0 Å². The van der Waals surface area contributed by atoms with E-state index < -0.39 is 0 Å². The number of hydrogen-bond donors (Lipinski definition) is 1. The van der Waals surface area contributed by atoms with Crippen molar-refractivity contribution < 1.29 is 9.47 Å². The van der Waals surface area contributed by atoms with Crippen LogP contribution in [0.25, 0.3) is 0 Å². The highest BCUT2D eigenvalue weighted by molar-refractivity contribution is 14.0. The number of nitrogens with one attached hydrogen (secondary N) is 1. The van der Waals surface area contributed by atoms with E-state index in [4.69, 9.17) is 14.5 Å². The number of likely N-dealkylation sites (tertiary alicyclic amines) is 1. The molecule has 1 fully saturated rings. The molecule has 29 heavy (non-hydrogen) atoms. The van der Waals surface area contributed by atoms with Gasteiger partial charge in [-0.3, -0.25) is 9.89 Å². The van der Waals surface area contributed by atoms with Crippen LogP contribution in [0, 0.1) is 5.92 Å². The van der Waals surface area contributed by atoms with Gasteiger partial charge in [-0.05, 0) is 51.6 Å². The molecule has 1 atom stereocenters. The van der Waals surface area contributed by atoms with Crippen LogP contribution in [-0.4, -0.2) is 87.5 Å². The first kappa shape index (κ1) is 28.9. The summed E-state index contributed by atoms with van der Waals surface area (Å²) < 4.78 is 11.1. The lowest BCUT2D eigenvalue weighted by Crippen LogP contribution is -2.48. The van der Waals surface area contributed by atoms with Gasteiger partial charge in [0.05, 0.1) is 12.6 Å². The Bertz CT molecular complexity index is 412. The summed E-state index contributed by atoms with van der Waals surface area (Å²) in [6.45, 7) is 18.8. The van der Waals surface area contributed by atoms with Crippen LogP contribution in [0.5, 0.6) is 0 Å². The van der Waals surface area contributed by atoms with Crippen molar-refractivity contribution in [2.75, 3.05) is 59.6 Å². The Morgan fingerprint density at radius 2 is 1.79 bits per heavy atom. The third kappa shape index (κ3) is 11.7. The summed E-state index contributed by atoms with van der Waals surface area (Å²) in [6, 6.07) is 0.519. The molecular weight excluding hydrogens is 479 g/mol. The molecule has 7 heteroatoms. The molecule has 1 heterocycles. The van der Waals surface area contributed by atoms with Crippen LogP contribution < -0.4 is 5.32 Å². The second-order valence-corrected chi connectivity index (χ2v) is 8.10. The summed E-state index contributed by atoms with van der Waals surface area (Å²) in [4.78, 5) is 10.0. The van der Waals surface area contributed by atoms with Crippen LogP contribution in [0.15, 0.2) is 4.99 Å². The quantitative estimate of drug-likeness (QED) is 0.171. The Kier molecular flexibility index (Phi) is 17.5. The van der Waals surface area contributed by atoms with Crippen molar-refractivity contribution in [1.29, 1.82) is 0 Å². The monoisotopic (exact) mass is 526 g/mol. The molecular formula is C22H47IN4O2. The number of likely N-dealkylation sites (N-methyl/N-ethyl adjacent to an activating group) is 1. The molecule has 1 aliphatic heterocycles. The lowest BCUT2D eigenvalue weighted by Gasteiger charge is -2.35. The summed E-state index contributed by atoms with van der Waals surface area (Å²) >= 11 is 0. The van der Waals surface area contributed by atoms with Gasteiger partial charge in [-0.15, -0.1) is 24.0 Å². The molecule has 0 aromatic rings. The average Bonchev–Trinajstić information content (AvgIpc) is 2.69. The van der Waals surface area contributed by atoms with Crippen molar-refractivity contribution in [3.05, 3.63) is 0 Å². The largest absolute Gasteiger partial charge is 0.385 e. The standard InChI is InChI=1S/C22H46N4O2.HI/c1-7-23-22(24-18-20(17-19(4)5)25(8-2)9-3)26-13-11-21(12-14-26)28-16-10-15-27-6;/h19-21H,7-18H2,1-6H3,(H,23,24);1H. The molecule has 0 aliphatic carbocycles. The number of rotatable bonds is 13. The first-order valence-corrected chi connectivity index (χ1v) is 11.4. The number of ether oxygens (including phenoxy) is 2. The zero-order valence-corrected chi connectivity index (χ0v) is 22.1. The Labute approximate surface area is 197 Å². The fourth-order valence-corrected chi connectivity index (χ4v) is 3.93. The summed E-state index contributed by atoms with van der Waals surface area (Å²) in [5.41, 5.74) is 0. The van der Waals surface area contributed by atoms with E-state index in [2.05, 4.69) is 49.7 Å². The smallest absolute Gasteiger partial charge is 0.193 e. The van der Waals surface area contributed by atoms with Gasteiger partial charge < -0.3 is 19.7 Å². The van der Waals surface area contributed by atoms with E-state index >= 15 is 0 Å². The molecule has 1 N–H and O–H groups in total. The van der Waals surface area contributed by atoms with Crippen LogP contribution in [0.1, 0.15) is 60.3 Å². The molecule has 0 saturated carbocycles. The van der Waals surface area contributed by atoms with Gasteiger partial charge in [0, 0.05) is 46.0 Å². The number of hydrogen-bond acceptors (Lipinski definition) is 4. The first-order valence-electron chi connectivity index (χ1n) is 11.4. The summed E-state index contributed by atoms with van der Waals surface area (Å²) in [5.74, 6) is 1.76. The summed E-state index contributed by atoms with van der Waals surface area (Å²) in [7, 11) is 1.74. The van der Waals surface area contributed by atoms with Crippen molar-refractivity contribution in [3.63, 3.8) is 0 Å². The lowest BCUT2D eigenvalue weighted by atomic mass is 10.0. The van der Waals surface area contributed by atoms with Gasteiger partial charge in [-0.1, -0.05) is 27.7 Å². The van der Waals surface area contributed by atoms with Crippen LogP contribution in [0.2, 0.25) is 0 Å². The van der Waals surface area contributed by atoms with Crippen LogP contribution in [-0.2, 0) is 9.47 Å². The van der Waals surface area contributed by atoms with Crippen molar-refractivity contribution in [2.45, 2.75) is 72.4 Å². The Morgan fingerprint density at radius 3 is 2.31 bits per heavy atom. The molecule has 0 bridgehead atoms. The molecule has 174 valence electrons. The fraction of sp³-hybridized carbons (Fsp3) is 0.955. The van der Waals surface area contributed by atoms with E-state index in [1.54, 1.807) is 7.11 Å². The van der Waals surface area contributed by atoms with E-state index in [0.717, 1.165) is 77.7 Å². The SMILES string of the molecule is CCNC(=NCC(CC(C)C)N(CC)CC)N1CCC(OCCCOC)CC1.I. The molecule has 0 spiro atoms. The number of halogens is 1. The maximum absolute atomic E-state index is 6.00. The van der Waals surface area contributed by atoms with Gasteiger partial charge in [0.25, 0.3) is 0 Å². The molecule has 0 radical (unpaired) electrons. The van der Waals surface area contributed by atoms with Gasteiger partial charge in [0.15, 0.2) is 5.96 Å². The maximum atomic E-state index is 6.00. The molecule has 0 aromatic carbocycles. The van der Waals surface area contributed by atoms with E-state index in [1.165, 1.54) is 6.42 Å². The van der Waals surface area contributed by atoms with E-state index in [9.17, 15) is 0 Å². The van der Waals surface area contributed by atoms with Gasteiger partial charge in [-0.2, -0.15) is 0 Å². The number of aliphatic imine (C=N–C) groups is 1. The highest BCUT2D eigenvalue weighted by Crippen LogP contribution is 2.16. The Balaban J connectivity index is 0.00000784. The summed E-state index contributed by atoms with van der Waals surface area (Å²) in [6.07, 6.45) is 4.69. The van der Waals surface area contributed by atoms with E-state index in [0.29, 0.717) is 18.1 Å². The molecule has 1 unspecified atom stereocenters. The lowest BCUT2D eigenvalue weighted by molar-refractivity contribution is 0.00988. The minimum Gasteiger partial charge on any atom is -0.385 e. The number of methoxy groups -OCH3 is 1. The van der Waals surface area contributed by atoms with E-state index in [1.807, 2.05) is 0 Å². The van der Waals surface area contributed by atoms with Gasteiger partial charge in [0.1, 0.15) is 0 Å². The predicted molar refractivity (Wildman–Crippen MR) is 135 cm³/mol. The maximum Gasteiger partial charge on any atom is 0.193 e. The summed E-state index contributed by atoms with van der Waals surface area (Å²) in [5, 5.41) is 3.51. The third-order valence-electron chi connectivity index (χ3n) is 5.45. The molecule has 1 rings (SSSR count). The average molecular weight is 527 g/mol. The van der Waals surface area contributed by atoms with Crippen molar-refractivity contribution >= 4 is 29.9 Å². The molecule has 0 aromatic heterocycles. The first-order chi connectivity index (χ1) is 13.5. The number of guanidine groups is 1. The molecule has 0 amide bonds. The normalized spacial score (nSPS) is 17.0. The van der Waals surface area contributed by atoms with E-state index in [-0.39, 0.29) is 24.0 Å². The van der Waals surface area contributed by atoms with Crippen LogP contribution >= 0.6 is 24.0 Å². The van der Waals surface area contributed by atoms with Crippen molar-refractivity contribution in [2.24, 2.45) is 10.9 Å². The zero-order chi connectivity index (χ0) is 20.8. The highest BCUT2D eigenvalue weighted by atomic mass is 127. The third-order valence-corrected chi connectivity index (χ3v) is 5.45. The minimum atomic E-state index is 0. The minimum absolute atomic E-state index is 0. The topological polar surface area (TPSA) is 49.3 Å². The highest BCUT2D eigenvalue weighted by Gasteiger charge is 2.23. The second kappa shape index (κ2) is 17.5. The second-order valence-electron chi connectivity index (χ2n) is 8.10. The molecule has 1 aliphatic rings. The Morgan fingerprint density at radius 1 is 1.14 bits per heavy atom. The van der Waals surface area contributed by atoms with Gasteiger partial charge in [0.2, 0.25) is 0 Å². The number of nitrogens with zero attached hydrogens (tertiary/aromatic N) is 3. The zero-order valence-electron chi connectivity index (χ0n) is 19.8. The van der Waals surface area contributed by atoms with Crippen molar-refractivity contribution in [3.8, 4) is 0 Å². The number of piperidine rings is 1. The molecule has 1 saturated heterocycles. The molecule has 6 nitrogen and oxygen atoms in total. The predicted octanol–water partition coefficient (Wildman–Crippen LogP) is 3.84. The van der Waals surface area contributed by atoms with Crippen LogP contribution in [0.4, 0.5) is 0 Å². The van der Waals surface area contributed by atoms with Gasteiger partial charge >= 0.3 is 0 Å². The fourth-order valence-electron chi connectivity index (χ4n) is 3.93.